The topological polar surface area (TPSA) is 62.2 Å². The van der Waals surface area contributed by atoms with Gasteiger partial charge in [0.15, 0.2) is 0 Å². The first kappa shape index (κ1) is 15.3. The summed E-state index contributed by atoms with van der Waals surface area (Å²) in [5, 5.41) is 10.7. The normalized spacial score (nSPS) is 13.1. The third kappa shape index (κ3) is 5.15. The average molecular weight is 276 g/mol. The number of hydrogen-bond acceptors (Lipinski definition) is 2. The minimum Gasteiger partial charge on any atom is -0.465 e. The highest BCUT2D eigenvalue weighted by atomic mass is 19.4. The van der Waals surface area contributed by atoms with Crippen molar-refractivity contribution in [3.8, 4) is 0 Å². The second kappa shape index (κ2) is 6.40. The lowest BCUT2D eigenvalue weighted by atomic mass is 10.00. The van der Waals surface area contributed by atoms with E-state index in [1.165, 1.54) is 12.1 Å². The van der Waals surface area contributed by atoms with E-state index < -0.39 is 18.0 Å². The molecule has 0 radical (unpaired) electrons. The van der Waals surface area contributed by atoms with Gasteiger partial charge in [0.1, 0.15) is 5.69 Å². The number of pyridine rings is 1. The number of nitrogens with zero attached hydrogens (tertiary/aromatic N) is 1. The number of rotatable bonds is 5. The van der Waals surface area contributed by atoms with Gasteiger partial charge < -0.3 is 10.4 Å². The van der Waals surface area contributed by atoms with Crippen LogP contribution in [0.15, 0.2) is 18.2 Å². The van der Waals surface area contributed by atoms with Gasteiger partial charge >= 0.3 is 12.3 Å². The number of hydrogen-bond donors (Lipinski definition) is 2. The first-order valence-corrected chi connectivity index (χ1v) is 5.82. The molecule has 0 saturated carbocycles. The molecule has 2 N–H and O–H groups in total. The van der Waals surface area contributed by atoms with Crippen LogP contribution < -0.4 is 5.32 Å². The number of aromatic nitrogens is 1. The van der Waals surface area contributed by atoms with E-state index in [9.17, 15) is 18.0 Å². The Morgan fingerprint density at radius 3 is 2.68 bits per heavy atom. The van der Waals surface area contributed by atoms with Crippen LogP contribution in [0.3, 0.4) is 0 Å². The summed E-state index contributed by atoms with van der Waals surface area (Å²) < 4.78 is 37.5. The Bertz CT molecular complexity index is 435. The fraction of sp³-hybridized carbons (Fsp3) is 0.500. The summed E-state index contributed by atoms with van der Waals surface area (Å²) in [6.07, 6.45) is -4.65. The third-order valence-corrected chi connectivity index (χ3v) is 2.71. The zero-order valence-corrected chi connectivity index (χ0v) is 10.4. The van der Waals surface area contributed by atoms with E-state index in [1.54, 1.807) is 0 Å². The molecule has 7 heteroatoms. The van der Waals surface area contributed by atoms with Crippen molar-refractivity contribution in [3.63, 3.8) is 0 Å². The van der Waals surface area contributed by atoms with Crippen LogP contribution >= 0.6 is 0 Å². The van der Waals surface area contributed by atoms with E-state index >= 15 is 0 Å². The monoisotopic (exact) mass is 276 g/mol. The zero-order valence-electron chi connectivity index (χ0n) is 10.4. The van der Waals surface area contributed by atoms with Crippen LogP contribution in [0.4, 0.5) is 18.0 Å². The van der Waals surface area contributed by atoms with Crippen LogP contribution in [0, 0.1) is 5.92 Å². The van der Waals surface area contributed by atoms with Gasteiger partial charge in [-0.05, 0) is 24.5 Å². The first-order chi connectivity index (χ1) is 8.82. The van der Waals surface area contributed by atoms with Gasteiger partial charge in [-0.25, -0.2) is 9.78 Å². The van der Waals surface area contributed by atoms with Crippen LogP contribution in [0.25, 0.3) is 0 Å². The minimum absolute atomic E-state index is 0.0768. The lowest BCUT2D eigenvalue weighted by Gasteiger charge is -2.15. The van der Waals surface area contributed by atoms with Crippen LogP contribution in [0.2, 0.25) is 0 Å². The van der Waals surface area contributed by atoms with Crippen molar-refractivity contribution in [1.82, 2.24) is 10.3 Å². The van der Waals surface area contributed by atoms with Gasteiger partial charge in [-0.1, -0.05) is 19.4 Å². The summed E-state index contributed by atoms with van der Waals surface area (Å²) in [6, 6.07) is 3.74. The van der Waals surface area contributed by atoms with E-state index in [0.29, 0.717) is 18.5 Å². The Morgan fingerprint density at radius 2 is 2.16 bits per heavy atom. The molecule has 1 unspecified atom stereocenters. The van der Waals surface area contributed by atoms with E-state index in [1.807, 2.05) is 6.92 Å². The molecule has 0 aromatic carbocycles. The molecular weight excluding hydrogens is 261 g/mol. The first-order valence-electron chi connectivity index (χ1n) is 5.82. The fourth-order valence-corrected chi connectivity index (χ4v) is 1.64. The Labute approximate surface area is 108 Å². The Hall–Kier alpha value is -1.79. The second-order valence-electron chi connectivity index (χ2n) is 4.18. The third-order valence-electron chi connectivity index (χ3n) is 2.71. The predicted octanol–water partition coefficient (Wildman–Crippen LogP) is 2.94. The molecule has 0 aliphatic carbocycles. The molecular formula is C12H15F3N2O2. The van der Waals surface area contributed by atoms with Crippen molar-refractivity contribution in [2.45, 2.75) is 25.9 Å². The molecule has 1 atom stereocenters. The Balaban J connectivity index is 2.72. The maximum Gasteiger partial charge on any atom is 0.433 e. The van der Waals surface area contributed by atoms with Gasteiger partial charge in [0.2, 0.25) is 0 Å². The number of carbonyl (C=O) groups is 1. The van der Waals surface area contributed by atoms with Gasteiger partial charge in [-0.2, -0.15) is 13.2 Å². The van der Waals surface area contributed by atoms with Crippen LogP contribution in [0.5, 0.6) is 0 Å². The van der Waals surface area contributed by atoms with Crippen LogP contribution in [-0.4, -0.2) is 22.7 Å². The number of halogens is 3. The molecule has 1 aromatic heterocycles. The van der Waals surface area contributed by atoms with Crippen molar-refractivity contribution < 1.29 is 23.1 Å². The summed E-state index contributed by atoms with van der Waals surface area (Å²) in [5.41, 5.74) is -0.611. The van der Waals surface area contributed by atoms with Gasteiger partial charge in [0, 0.05) is 12.2 Å². The second-order valence-corrected chi connectivity index (χ2v) is 4.18. The lowest BCUT2D eigenvalue weighted by Crippen LogP contribution is -2.28. The average Bonchev–Trinajstić information content (AvgIpc) is 2.33. The maximum absolute atomic E-state index is 12.5. The van der Waals surface area contributed by atoms with Crippen LogP contribution in [-0.2, 0) is 12.6 Å². The molecule has 1 rings (SSSR count). The molecule has 1 amide bonds. The summed E-state index contributed by atoms with van der Waals surface area (Å²) in [6.45, 7) is 2.05. The predicted molar refractivity (Wildman–Crippen MR) is 62.8 cm³/mol. The largest absolute Gasteiger partial charge is 0.465 e. The fourth-order valence-electron chi connectivity index (χ4n) is 1.64. The van der Waals surface area contributed by atoms with Gasteiger partial charge in [-0.15, -0.1) is 0 Å². The lowest BCUT2D eigenvalue weighted by molar-refractivity contribution is -0.141. The molecule has 0 aliphatic rings. The van der Waals surface area contributed by atoms with E-state index in [4.69, 9.17) is 5.11 Å². The standard InChI is InChI=1S/C12H15F3N2O2/c1-2-8(7-16-11(18)19)6-9-4-3-5-10(17-9)12(13,14)15/h3-5,8,16H,2,6-7H2,1H3,(H,18,19). The van der Waals surface area contributed by atoms with Gasteiger partial charge in [-0.3, -0.25) is 0 Å². The van der Waals surface area contributed by atoms with Gasteiger partial charge in [0.25, 0.3) is 0 Å². The maximum atomic E-state index is 12.5. The number of nitrogens with one attached hydrogen (secondary N) is 1. The Morgan fingerprint density at radius 1 is 1.47 bits per heavy atom. The van der Waals surface area contributed by atoms with Crippen molar-refractivity contribution in [1.29, 1.82) is 0 Å². The minimum atomic E-state index is -4.46. The molecule has 4 nitrogen and oxygen atoms in total. The molecule has 0 bridgehead atoms. The molecule has 1 heterocycles. The van der Waals surface area contributed by atoms with Crippen molar-refractivity contribution in [3.05, 3.63) is 29.6 Å². The van der Waals surface area contributed by atoms with Crippen molar-refractivity contribution in [2.75, 3.05) is 6.54 Å². The highest BCUT2D eigenvalue weighted by molar-refractivity contribution is 5.64. The summed E-state index contributed by atoms with van der Waals surface area (Å²) in [7, 11) is 0. The smallest absolute Gasteiger partial charge is 0.433 e. The number of amides is 1. The molecule has 0 spiro atoms. The molecule has 19 heavy (non-hydrogen) atoms. The number of carboxylic acid groups (broad SMARTS) is 1. The highest BCUT2D eigenvalue weighted by Crippen LogP contribution is 2.27. The van der Waals surface area contributed by atoms with Crippen LogP contribution in [0.1, 0.15) is 24.7 Å². The molecule has 0 saturated heterocycles. The summed E-state index contributed by atoms with van der Waals surface area (Å²) in [5.74, 6) is -0.0768. The number of alkyl halides is 3. The SMILES string of the molecule is CCC(CNC(=O)O)Cc1cccc(C(F)(F)F)n1. The summed E-state index contributed by atoms with van der Waals surface area (Å²) >= 11 is 0. The molecule has 0 aliphatic heterocycles. The summed E-state index contributed by atoms with van der Waals surface area (Å²) in [4.78, 5) is 13.9. The van der Waals surface area contributed by atoms with Crippen molar-refractivity contribution >= 4 is 6.09 Å². The van der Waals surface area contributed by atoms with Crippen molar-refractivity contribution in [2.24, 2.45) is 5.92 Å². The van der Waals surface area contributed by atoms with E-state index in [2.05, 4.69) is 10.3 Å². The van der Waals surface area contributed by atoms with E-state index in [0.717, 1.165) is 6.07 Å². The Kier molecular flexibility index (Phi) is 5.14. The molecule has 106 valence electrons. The highest BCUT2D eigenvalue weighted by Gasteiger charge is 2.32. The molecule has 0 fully saturated rings. The zero-order chi connectivity index (χ0) is 14.5. The quantitative estimate of drug-likeness (QED) is 0.869. The van der Waals surface area contributed by atoms with Gasteiger partial charge in [0.05, 0.1) is 0 Å². The van der Waals surface area contributed by atoms with E-state index in [-0.39, 0.29) is 12.5 Å². The molecule has 1 aromatic rings.